The van der Waals surface area contributed by atoms with Gasteiger partial charge in [-0.3, -0.25) is 0 Å². The van der Waals surface area contributed by atoms with Crippen molar-refractivity contribution in [2.24, 2.45) is 7.05 Å². The van der Waals surface area contributed by atoms with Gasteiger partial charge in [0.05, 0.1) is 0 Å². The second kappa shape index (κ2) is 2.05. The van der Waals surface area contributed by atoms with E-state index in [2.05, 4.69) is 35.4 Å². The second-order valence-corrected chi connectivity index (χ2v) is 2.76. The van der Waals surface area contributed by atoms with Crippen molar-refractivity contribution in [2.75, 3.05) is 0 Å². The zero-order chi connectivity index (χ0) is 7.84. The summed E-state index contributed by atoms with van der Waals surface area (Å²) in [6.07, 6.45) is 0. The summed E-state index contributed by atoms with van der Waals surface area (Å²) >= 11 is 0. The number of fused-ring (bicyclic) bond motifs is 1. The molecule has 11 heavy (non-hydrogen) atoms. The molecule has 56 valence electrons. The Morgan fingerprint density at radius 3 is 3.09 bits per heavy atom. The Hall–Kier alpha value is -1.38. The van der Waals surface area contributed by atoms with Crippen LogP contribution in [0.3, 0.4) is 0 Å². The molecule has 0 aliphatic carbocycles. The summed E-state index contributed by atoms with van der Waals surface area (Å²) in [6.45, 7) is 2.06. The summed E-state index contributed by atoms with van der Waals surface area (Å²) in [7, 11) is 1.95. The van der Waals surface area contributed by atoms with Crippen molar-refractivity contribution in [3.63, 3.8) is 0 Å². The van der Waals surface area contributed by atoms with Gasteiger partial charge in [0.25, 0.3) is 0 Å². The Labute approximate surface area is 64.6 Å². The van der Waals surface area contributed by atoms with Gasteiger partial charge in [0.2, 0.25) is 5.52 Å². The van der Waals surface area contributed by atoms with Crippen molar-refractivity contribution in [3.8, 4) is 0 Å². The fourth-order valence-corrected chi connectivity index (χ4v) is 1.19. The molecule has 2 aromatic rings. The Morgan fingerprint density at radius 2 is 2.27 bits per heavy atom. The van der Waals surface area contributed by atoms with Gasteiger partial charge in [-0.25, -0.2) is 0 Å². The number of aromatic amines is 1. The van der Waals surface area contributed by atoms with Gasteiger partial charge in [-0.15, -0.1) is 0 Å². The number of nitrogens with zero attached hydrogens (tertiary/aromatic N) is 2. The lowest BCUT2D eigenvalue weighted by molar-refractivity contribution is -0.707. The van der Waals surface area contributed by atoms with Crippen molar-refractivity contribution in [3.05, 3.63) is 23.8 Å². The zero-order valence-corrected chi connectivity index (χ0v) is 6.63. The van der Waals surface area contributed by atoms with Crippen molar-refractivity contribution < 1.29 is 4.68 Å². The molecule has 0 atom stereocenters. The van der Waals surface area contributed by atoms with Gasteiger partial charge in [-0.05, 0) is 24.6 Å². The predicted octanol–water partition coefficient (Wildman–Crippen LogP) is 0.696. The lowest BCUT2D eigenvalue weighted by Crippen LogP contribution is -2.29. The molecule has 0 aliphatic rings. The van der Waals surface area contributed by atoms with E-state index in [0.29, 0.717) is 0 Å². The van der Waals surface area contributed by atoms with Gasteiger partial charge in [-0.2, -0.15) is 4.68 Å². The number of hydrogen-bond acceptors (Lipinski definition) is 1. The van der Waals surface area contributed by atoms with E-state index in [9.17, 15) is 0 Å². The molecular formula is C8H10N3+. The van der Waals surface area contributed by atoms with E-state index in [1.807, 2.05) is 11.7 Å². The fraction of sp³-hybridized carbons (Fsp3) is 0.250. The first-order valence-corrected chi connectivity index (χ1v) is 3.58. The van der Waals surface area contributed by atoms with Crippen LogP contribution in [0.4, 0.5) is 0 Å². The molecule has 3 heteroatoms. The summed E-state index contributed by atoms with van der Waals surface area (Å²) in [5.74, 6) is 0. The SMILES string of the molecule is Cc1ccc2c(c1)n[nH][n+]2C. The Morgan fingerprint density at radius 1 is 1.45 bits per heavy atom. The largest absolute Gasteiger partial charge is 0.249 e. The van der Waals surface area contributed by atoms with Crippen molar-refractivity contribution in [1.29, 1.82) is 0 Å². The molecule has 0 bridgehead atoms. The first-order valence-electron chi connectivity index (χ1n) is 3.58. The molecule has 0 saturated carbocycles. The summed E-state index contributed by atoms with van der Waals surface area (Å²) in [4.78, 5) is 0. The number of nitrogens with one attached hydrogen (secondary N) is 1. The predicted molar refractivity (Wildman–Crippen MR) is 42.0 cm³/mol. The van der Waals surface area contributed by atoms with Crippen LogP contribution in [0.1, 0.15) is 5.56 Å². The van der Waals surface area contributed by atoms with Crippen molar-refractivity contribution >= 4 is 11.0 Å². The lowest BCUT2D eigenvalue weighted by Gasteiger charge is -1.86. The first kappa shape index (κ1) is 6.34. The molecule has 0 radical (unpaired) electrons. The third-order valence-corrected chi connectivity index (χ3v) is 1.81. The molecule has 0 amide bonds. The number of benzene rings is 1. The van der Waals surface area contributed by atoms with E-state index in [1.54, 1.807) is 0 Å². The number of aryl methyl sites for hydroxylation is 2. The minimum absolute atomic E-state index is 1.02. The quantitative estimate of drug-likeness (QED) is 0.548. The minimum Gasteiger partial charge on any atom is -0.158 e. The maximum absolute atomic E-state index is 4.12. The van der Waals surface area contributed by atoms with E-state index in [-0.39, 0.29) is 0 Å². The Kier molecular flexibility index (Phi) is 1.18. The molecule has 1 N–H and O–H groups in total. The highest BCUT2D eigenvalue weighted by Crippen LogP contribution is 2.07. The number of aromatic nitrogens is 3. The standard InChI is InChI=1S/C8H9N3/c1-6-3-4-8-7(5-6)9-10-11(8)2/h3-5H,1-2H3/p+1. The van der Waals surface area contributed by atoms with Crippen LogP contribution in [-0.2, 0) is 7.05 Å². The Bertz CT molecular complexity index is 389. The monoisotopic (exact) mass is 148 g/mol. The minimum atomic E-state index is 1.02. The summed E-state index contributed by atoms with van der Waals surface area (Å²) < 4.78 is 1.90. The van der Waals surface area contributed by atoms with E-state index in [1.165, 1.54) is 5.56 Å². The third kappa shape index (κ3) is 0.888. The van der Waals surface area contributed by atoms with Gasteiger partial charge >= 0.3 is 0 Å². The van der Waals surface area contributed by atoms with Crippen LogP contribution in [0.15, 0.2) is 18.2 Å². The molecule has 1 aromatic carbocycles. The van der Waals surface area contributed by atoms with Crippen LogP contribution < -0.4 is 4.68 Å². The highest BCUT2D eigenvalue weighted by atomic mass is 15.4. The van der Waals surface area contributed by atoms with E-state index in [4.69, 9.17) is 0 Å². The molecule has 0 spiro atoms. The van der Waals surface area contributed by atoms with Crippen LogP contribution >= 0.6 is 0 Å². The molecule has 0 saturated heterocycles. The topological polar surface area (TPSA) is 32.6 Å². The van der Waals surface area contributed by atoms with Crippen LogP contribution in [-0.4, -0.2) is 10.3 Å². The molecule has 2 rings (SSSR count). The van der Waals surface area contributed by atoms with Crippen molar-refractivity contribution in [1.82, 2.24) is 10.3 Å². The van der Waals surface area contributed by atoms with Crippen LogP contribution in [0.2, 0.25) is 0 Å². The number of H-pyrrole nitrogens is 1. The second-order valence-electron chi connectivity index (χ2n) is 2.76. The summed E-state index contributed by atoms with van der Waals surface area (Å²) in [5.41, 5.74) is 3.40. The van der Waals surface area contributed by atoms with Gasteiger partial charge in [-0.1, -0.05) is 11.3 Å². The molecule has 0 aliphatic heterocycles. The molecule has 3 nitrogen and oxygen atoms in total. The molecule has 1 aromatic heterocycles. The molecule has 1 heterocycles. The Balaban J connectivity index is 2.86. The van der Waals surface area contributed by atoms with Crippen LogP contribution in [0.5, 0.6) is 0 Å². The smallest absolute Gasteiger partial charge is 0.158 e. The lowest BCUT2D eigenvalue weighted by atomic mass is 10.2. The van der Waals surface area contributed by atoms with Gasteiger partial charge in [0.1, 0.15) is 7.05 Å². The normalized spacial score (nSPS) is 10.7. The van der Waals surface area contributed by atoms with Crippen molar-refractivity contribution in [2.45, 2.75) is 6.92 Å². The molecular weight excluding hydrogens is 138 g/mol. The van der Waals surface area contributed by atoms with E-state index < -0.39 is 0 Å². The van der Waals surface area contributed by atoms with Crippen LogP contribution in [0, 0.1) is 6.92 Å². The molecule has 0 unspecified atom stereocenters. The maximum Gasteiger partial charge on any atom is 0.249 e. The number of rotatable bonds is 0. The average Bonchev–Trinajstić information content (AvgIpc) is 2.32. The maximum atomic E-state index is 4.12. The number of hydrogen-bond donors (Lipinski definition) is 1. The van der Waals surface area contributed by atoms with Gasteiger partial charge in [0, 0.05) is 5.10 Å². The van der Waals surface area contributed by atoms with Gasteiger partial charge in [0.15, 0.2) is 5.52 Å². The van der Waals surface area contributed by atoms with E-state index >= 15 is 0 Å². The third-order valence-electron chi connectivity index (χ3n) is 1.81. The van der Waals surface area contributed by atoms with Crippen LogP contribution in [0.25, 0.3) is 11.0 Å². The highest BCUT2D eigenvalue weighted by molar-refractivity contribution is 5.70. The average molecular weight is 148 g/mol. The van der Waals surface area contributed by atoms with Gasteiger partial charge < -0.3 is 0 Å². The fourth-order valence-electron chi connectivity index (χ4n) is 1.19. The first-order chi connectivity index (χ1) is 5.27. The summed E-state index contributed by atoms with van der Waals surface area (Å²) in [5, 5.41) is 6.99. The van der Waals surface area contributed by atoms with E-state index in [0.717, 1.165) is 11.0 Å². The molecule has 0 fully saturated rings. The summed E-state index contributed by atoms with van der Waals surface area (Å²) in [6, 6.07) is 6.21. The highest BCUT2D eigenvalue weighted by Gasteiger charge is 2.07. The zero-order valence-electron chi connectivity index (χ0n) is 6.63.